The standard InChI is InChI=1S/C14H19N3O4/c1-9-7-8-11(10(2)15-9)16-14(21)17-12(18)5-3-4-6-13(19)20/h7-8H,3-6H2,1-2H3,(H,19,20)(H2,16,17,18,21). The molecule has 0 aromatic carbocycles. The molecule has 3 N–H and O–H groups in total. The molecule has 0 unspecified atom stereocenters. The van der Waals surface area contributed by atoms with Crippen molar-refractivity contribution < 1.29 is 19.5 Å². The highest BCUT2D eigenvalue weighted by molar-refractivity contribution is 6.01. The van der Waals surface area contributed by atoms with E-state index in [4.69, 9.17) is 5.11 Å². The van der Waals surface area contributed by atoms with Gasteiger partial charge in [-0.3, -0.25) is 19.9 Å². The molecular weight excluding hydrogens is 274 g/mol. The summed E-state index contributed by atoms with van der Waals surface area (Å²) in [7, 11) is 0. The molecule has 0 atom stereocenters. The predicted molar refractivity (Wildman–Crippen MR) is 77.0 cm³/mol. The van der Waals surface area contributed by atoms with E-state index in [2.05, 4.69) is 15.6 Å². The number of rotatable bonds is 6. The van der Waals surface area contributed by atoms with Gasteiger partial charge < -0.3 is 10.4 Å². The number of nitrogens with one attached hydrogen (secondary N) is 2. The second-order valence-electron chi connectivity index (χ2n) is 4.69. The molecule has 1 rings (SSSR count). The van der Waals surface area contributed by atoms with Crippen LogP contribution in [-0.4, -0.2) is 28.0 Å². The van der Waals surface area contributed by atoms with Crippen LogP contribution < -0.4 is 10.6 Å². The number of carbonyl (C=O) groups excluding carboxylic acids is 2. The van der Waals surface area contributed by atoms with E-state index in [0.29, 0.717) is 24.2 Å². The van der Waals surface area contributed by atoms with Crippen molar-refractivity contribution in [3.63, 3.8) is 0 Å². The highest BCUT2D eigenvalue weighted by Crippen LogP contribution is 2.12. The Morgan fingerprint density at radius 2 is 1.81 bits per heavy atom. The Morgan fingerprint density at radius 1 is 1.14 bits per heavy atom. The number of amides is 3. The second-order valence-corrected chi connectivity index (χ2v) is 4.69. The number of aromatic nitrogens is 1. The quantitative estimate of drug-likeness (QED) is 0.695. The van der Waals surface area contributed by atoms with Gasteiger partial charge in [0.25, 0.3) is 0 Å². The fraction of sp³-hybridized carbons (Fsp3) is 0.429. The molecule has 0 radical (unpaired) electrons. The summed E-state index contributed by atoms with van der Waals surface area (Å²) < 4.78 is 0. The molecule has 1 aromatic rings. The fourth-order valence-electron chi connectivity index (χ4n) is 1.72. The Bertz CT molecular complexity index is 543. The minimum absolute atomic E-state index is 0.0215. The first-order chi connectivity index (χ1) is 9.88. The zero-order chi connectivity index (χ0) is 15.8. The molecule has 1 aromatic heterocycles. The number of hydrogen-bond acceptors (Lipinski definition) is 4. The molecule has 0 saturated carbocycles. The van der Waals surface area contributed by atoms with Gasteiger partial charge in [0.2, 0.25) is 5.91 Å². The fourth-order valence-corrected chi connectivity index (χ4v) is 1.72. The lowest BCUT2D eigenvalue weighted by Gasteiger charge is -2.09. The van der Waals surface area contributed by atoms with E-state index >= 15 is 0 Å². The maximum absolute atomic E-state index is 11.6. The molecule has 0 aliphatic heterocycles. The number of carboxylic acid groups (broad SMARTS) is 1. The van der Waals surface area contributed by atoms with Crippen LogP contribution in [-0.2, 0) is 9.59 Å². The Balaban J connectivity index is 2.36. The van der Waals surface area contributed by atoms with E-state index < -0.39 is 17.9 Å². The summed E-state index contributed by atoms with van der Waals surface area (Å²) in [4.78, 5) is 37.6. The molecule has 0 aliphatic rings. The van der Waals surface area contributed by atoms with Crippen molar-refractivity contribution in [2.24, 2.45) is 0 Å². The van der Waals surface area contributed by atoms with E-state index in [-0.39, 0.29) is 12.8 Å². The van der Waals surface area contributed by atoms with Crippen LogP contribution in [0.25, 0.3) is 0 Å². The van der Waals surface area contributed by atoms with E-state index in [1.54, 1.807) is 19.1 Å². The highest BCUT2D eigenvalue weighted by atomic mass is 16.4. The third-order valence-corrected chi connectivity index (χ3v) is 2.77. The average Bonchev–Trinajstić information content (AvgIpc) is 2.38. The SMILES string of the molecule is Cc1ccc(NC(=O)NC(=O)CCCCC(=O)O)c(C)n1. The Hall–Kier alpha value is -2.44. The van der Waals surface area contributed by atoms with Crippen molar-refractivity contribution in [2.75, 3.05) is 5.32 Å². The molecular formula is C14H19N3O4. The van der Waals surface area contributed by atoms with Crippen molar-refractivity contribution in [1.29, 1.82) is 0 Å². The monoisotopic (exact) mass is 293 g/mol. The number of aryl methyl sites for hydroxylation is 2. The van der Waals surface area contributed by atoms with Crippen LogP contribution in [0, 0.1) is 13.8 Å². The van der Waals surface area contributed by atoms with Gasteiger partial charge in [-0.2, -0.15) is 0 Å². The van der Waals surface area contributed by atoms with Gasteiger partial charge in [-0.25, -0.2) is 4.79 Å². The number of nitrogens with zero attached hydrogens (tertiary/aromatic N) is 1. The number of unbranched alkanes of at least 4 members (excludes halogenated alkanes) is 1. The van der Waals surface area contributed by atoms with E-state index in [9.17, 15) is 14.4 Å². The van der Waals surface area contributed by atoms with Gasteiger partial charge in [0.1, 0.15) is 0 Å². The molecule has 7 heteroatoms. The molecule has 3 amide bonds. The molecule has 7 nitrogen and oxygen atoms in total. The molecule has 114 valence electrons. The number of urea groups is 1. The molecule has 0 bridgehead atoms. The number of imide groups is 1. The first-order valence-corrected chi connectivity index (χ1v) is 6.65. The van der Waals surface area contributed by atoms with Crippen LogP contribution in [0.1, 0.15) is 37.1 Å². The highest BCUT2D eigenvalue weighted by Gasteiger charge is 2.09. The van der Waals surface area contributed by atoms with Gasteiger partial charge >= 0.3 is 12.0 Å². The van der Waals surface area contributed by atoms with Gasteiger partial charge in [0.05, 0.1) is 11.4 Å². The van der Waals surface area contributed by atoms with Gasteiger partial charge in [0, 0.05) is 18.5 Å². The van der Waals surface area contributed by atoms with Crippen molar-refractivity contribution in [2.45, 2.75) is 39.5 Å². The van der Waals surface area contributed by atoms with E-state index in [1.165, 1.54) is 0 Å². The Labute approximate surface area is 122 Å². The summed E-state index contributed by atoms with van der Waals surface area (Å²) in [5.41, 5.74) is 2.05. The van der Waals surface area contributed by atoms with Crippen molar-refractivity contribution in [3.8, 4) is 0 Å². The topological polar surface area (TPSA) is 108 Å². The van der Waals surface area contributed by atoms with E-state index in [1.807, 2.05) is 6.92 Å². The molecule has 1 heterocycles. The normalized spacial score (nSPS) is 10.0. The first-order valence-electron chi connectivity index (χ1n) is 6.65. The number of carboxylic acids is 1. The number of hydrogen-bond donors (Lipinski definition) is 3. The van der Waals surface area contributed by atoms with Crippen LogP contribution in [0.5, 0.6) is 0 Å². The lowest BCUT2D eigenvalue weighted by molar-refractivity contribution is -0.137. The predicted octanol–water partition coefficient (Wildman–Crippen LogP) is 1.99. The number of carbonyl (C=O) groups is 3. The largest absolute Gasteiger partial charge is 0.481 e. The zero-order valence-corrected chi connectivity index (χ0v) is 12.1. The molecule has 0 fully saturated rings. The van der Waals surface area contributed by atoms with Gasteiger partial charge in [0.15, 0.2) is 0 Å². The van der Waals surface area contributed by atoms with Crippen molar-refractivity contribution in [1.82, 2.24) is 10.3 Å². The molecule has 0 saturated heterocycles. The summed E-state index contributed by atoms with van der Waals surface area (Å²) >= 11 is 0. The lowest BCUT2D eigenvalue weighted by Crippen LogP contribution is -2.34. The third kappa shape index (κ3) is 6.51. The lowest BCUT2D eigenvalue weighted by atomic mass is 10.2. The van der Waals surface area contributed by atoms with Crippen LogP contribution in [0.3, 0.4) is 0 Å². The second kappa shape index (κ2) is 7.98. The Morgan fingerprint density at radius 3 is 2.43 bits per heavy atom. The minimum atomic E-state index is -0.893. The molecule has 0 spiro atoms. The summed E-state index contributed by atoms with van der Waals surface area (Å²) in [6.45, 7) is 3.60. The summed E-state index contributed by atoms with van der Waals surface area (Å²) in [5.74, 6) is -1.33. The maximum atomic E-state index is 11.6. The minimum Gasteiger partial charge on any atom is -0.481 e. The van der Waals surface area contributed by atoms with Gasteiger partial charge in [-0.05, 0) is 38.8 Å². The average molecular weight is 293 g/mol. The van der Waals surface area contributed by atoms with E-state index in [0.717, 1.165) is 5.69 Å². The Kier molecular flexibility index (Phi) is 6.32. The van der Waals surface area contributed by atoms with Gasteiger partial charge in [-0.1, -0.05) is 0 Å². The third-order valence-electron chi connectivity index (χ3n) is 2.77. The van der Waals surface area contributed by atoms with Crippen LogP contribution >= 0.6 is 0 Å². The number of pyridine rings is 1. The maximum Gasteiger partial charge on any atom is 0.325 e. The molecule has 0 aliphatic carbocycles. The number of aliphatic carboxylic acids is 1. The first kappa shape index (κ1) is 16.6. The van der Waals surface area contributed by atoms with Crippen molar-refractivity contribution >= 4 is 23.6 Å². The number of anilines is 1. The van der Waals surface area contributed by atoms with Crippen LogP contribution in [0.4, 0.5) is 10.5 Å². The smallest absolute Gasteiger partial charge is 0.325 e. The summed E-state index contributed by atoms with van der Waals surface area (Å²) in [6.07, 6.45) is 0.974. The zero-order valence-electron chi connectivity index (χ0n) is 12.1. The van der Waals surface area contributed by atoms with Crippen molar-refractivity contribution in [3.05, 3.63) is 23.5 Å². The van der Waals surface area contributed by atoms with Crippen LogP contribution in [0.2, 0.25) is 0 Å². The van der Waals surface area contributed by atoms with Crippen LogP contribution in [0.15, 0.2) is 12.1 Å². The van der Waals surface area contributed by atoms with Gasteiger partial charge in [-0.15, -0.1) is 0 Å². The summed E-state index contributed by atoms with van der Waals surface area (Å²) in [5, 5.41) is 13.2. The summed E-state index contributed by atoms with van der Waals surface area (Å²) in [6, 6.07) is 2.86. The molecule has 21 heavy (non-hydrogen) atoms.